The Balaban J connectivity index is 1.84. The van der Waals surface area contributed by atoms with Crippen molar-refractivity contribution in [2.45, 2.75) is 39.2 Å². The van der Waals surface area contributed by atoms with E-state index in [0.717, 1.165) is 0 Å². The topological polar surface area (TPSA) is 79.2 Å². The molecule has 0 fully saturated rings. The lowest BCUT2D eigenvalue weighted by atomic mass is 10.1. The molecule has 140 valence electrons. The van der Waals surface area contributed by atoms with Crippen LogP contribution in [0, 0.1) is 0 Å². The van der Waals surface area contributed by atoms with Crippen LogP contribution >= 0.6 is 35.4 Å². The quantitative estimate of drug-likeness (QED) is 0.520. The summed E-state index contributed by atoms with van der Waals surface area (Å²) in [6.45, 7) is 5.90. The fourth-order valence-corrected chi connectivity index (χ4v) is 2.88. The number of nitrogens with zero attached hydrogens (tertiary/aromatic N) is 1. The molecule has 6 nitrogen and oxygen atoms in total. The molecule has 3 N–H and O–H groups in total. The molecule has 0 aliphatic heterocycles. The lowest BCUT2D eigenvalue weighted by Gasteiger charge is -2.23. The molecule has 0 saturated heterocycles. The van der Waals surface area contributed by atoms with Gasteiger partial charge < -0.3 is 9.73 Å². The summed E-state index contributed by atoms with van der Waals surface area (Å²) in [5.41, 5.74) is 5.70. The van der Waals surface area contributed by atoms with E-state index in [1.54, 1.807) is 24.4 Å². The Morgan fingerprint density at radius 2 is 2.00 bits per heavy atom. The normalized spacial score (nSPS) is 11.1. The summed E-state index contributed by atoms with van der Waals surface area (Å²) in [6, 6.07) is 5.11. The number of benzene rings is 1. The number of hydrogen-bond donors (Lipinski definition) is 3. The Morgan fingerprint density at radius 3 is 2.65 bits per heavy atom. The SMILES string of the molecule is CC(C)(C)NC(=S)NNC(=O)CCc1ncc(-c2ccc(Cl)cc2Cl)o1. The monoisotopic (exact) mass is 414 g/mol. The van der Waals surface area contributed by atoms with Crippen molar-refractivity contribution in [3.8, 4) is 11.3 Å². The Hall–Kier alpha value is -1.83. The van der Waals surface area contributed by atoms with Crippen LogP contribution in [0.2, 0.25) is 10.0 Å². The first-order valence-corrected chi connectivity index (χ1v) is 9.07. The first-order valence-electron chi connectivity index (χ1n) is 7.91. The van der Waals surface area contributed by atoms with Crippen molar-refractivity contribution >= 4 is 46.4 Å². The minimum atomic E-state index is -0.229. The van der Waals surface area contributed by atoms with Gasteiger partial charge >= 0.3 is 0 Å². The second kappa shape index (κ2) is 8.70. The van der Waals surface area contributed by atoms with Crippen LogP contribution in [0.25, 0.3) is 11.3 Å². The van der Waals surface area contributed by atoms with Gasteiger partial charge in [-0.15, -0.1) is 0 Å². The molecule has 1 aromatic heterocycles. The Morgan fingerprint density at radius 1 is 1.27 bits per heavy atom. The molecule has 0 spiro atoms. The molecule has 1 aromatic carbocycles. The minimum Gasteiger partial charge on any atom is -0.441 e. The number of nitrogens with one attached hydrogen (secondary N) is 3. The van der Waals surface area contributed by atoms with Crippen molar-refractivity contribution < 1.29 is 9.21 Å². The molecular weight excluding hydrogens is 395 g/mol. The Kier molecular flexibility index (Phi) is 6.86. The number of carbonyl (C=O) groups is 1. The third-order valence-electron chi connectivity index (χ3n) is 3.12. The predicted octanol–water partition coefficient (Wildman–Crippen LogP) is 3.87. The number of hydrazine groups is 1. The molecule has 0 radical (unpaired) electrons. The van der Waals surface area contributed by atoms with E-state index < -0.39 is 0 Å². The Labute approximate surface area is 167 Å². The van der Waals surface area contributed by atoms with E-state index in [0.29, 0.717) is 38.8 Å². The summed E-state index contributed by atoms with van der Waals surface area (Å²) in [5, 5.41) is 4.40. The van der Waals surface area contributed by atoms with Gasteiger partial charge in [-0.1, -0.05) is 23.2 Å². The maximum absolute atomic E-state index is 11.9. The third kappa shape index (κ3) is 6.48. The van der Waals surface area contributed by atoms with E-state index in [1.165, 1.54) is 0 Å². The number of amides is 1. The second-order valence-electron chi connectivity index (χ2n) is 6.62. The number of hydrogen-bond acceptors (Lipinski definition) is 4. The summed E-state index contributed by atoms with van der Waals surface area (Å²) in [4.78, 5) is 16.1. The van der Waals surface area contributed by atoms with Crippen molar-refractivity contribution in [1.29, 1.82) is 0 Å². The number of aromatic nitrogens is 1. The van der Waals surface area contributed by atoms with Crippen molar-refractivity contribution in [3.63, 3.8) is 0 Å². The summed E-state index contributed by atoms with van der Waals surface area (Å²) in [6.07, 6.45) is 2.11. The van der Waals surface area contributed by atoms with Gasteiger partial charge in [0.1, 0.15) is 0 Å². The van der Waals surface area contributed by atoms with Crippen molar-refractivity contribution in [3.05, 3.63) is 40.3 Å². The summed E-state index contributed by atoms with van der Waals surface area (Å²) < 4.78 is 5.66. The average Bonchev–Trinajstić information content (AvgIpc) is 2.98. The first kappa shape index (κ1) is 20.5. The third-order valence-corrected chi connectivity index (χ3v) is 3.87. The molecule has 9 heteroatoms. The molecule has 2 rings (SSSR count). The van der Waals surface area contributed by atoms with Crippen LogP contribution in [0.15, 0.2) is 28.8 Å². The fraction of sp³-hybridized carbons (Fsp3) is 0.353. The van der Waals surface area contributed by atoms with E-state index in [9.17, 15) is 4.79 Å². The lowest BCUT2D eigenvalue weighted by molar-refractivity contribution is -0.121. The summed E-state index contributed by atoms with van der Waals surface area (Å²) >= 11 is 17.1. The predicted molar refractivity (Wildman–Crippen MR) is 107 cm³/mol. The number of halogens is 2. The molecule has 0 aliphatic rings. The first-order chi connectivity index (χ1) is 12.1. The number of aryl methyl sites for hydroxylation is 1. The van der Waals surface area contributed by atoms with E-state index in [4.69, 9.17) is 39.8 Å². The van der Waals surface area contributed by atoms with Gasteiger partial charge in [0.25, 0.3) is 0 Å². The van der Waals surface area contributed by atoms with Gasteiger partial charge in [0.15, 0.2) is 16.8 Å². The van der Waals surface area contributed by atoms with Gasteiger partial charge in [-0.2, -0.15) is 0 Å². The maximum Gasteiger partial charge on any atom is 0.238 e. The molecule has 2 aromatic rings. The second-order valence-corrected chi connectivity index (χ2v) is 7.87. The van der Waals surface area contributed by atoms with Crippen LogP contribution in [0.5, 0.6) is 0 Å². The van der Waals surface area contributed by atoms with Crippen molar-refractivity contribution in [1.82, 2.24) is 21.2 Å². The largest absolute Gasteiger partial charge is 0.441 e. The fourth-order valence-electron chi connectivity index (χ4n) is 2.02. The summed E-state index contributed by atoms with van der Waals surface area (Å²) in [7, 11) is 0. The zero-order chi connectivity index (χ0) is 19.3. The number of oxazole rings is 1. The van der Waals surface area contributed by atoms with Crippen LogP contribution in [0.1, 0.15) is 33.1 Å². The highest BCUT2D eigenvalue weighted by atomic mass is 35.5. The van der Waals surface area contributed by atoms with Gasteiger partial charge in [0.2, 0.25) is 5.91 Å². The number of thiocarbonyl (C=S) groups is 1. The molecule has 0 saturated carbocycles. The van der Waals surface area contributed by atoms with Crippen molar-refractivity contribution in [2.75, 3.05) is 0 Å². The minimum absolute atomic E-state index is 0.188. The van der Waals surface area contributed by atoms with Gasteiger partial charge in [-0.3, -0.25) is 15.6 Å². The maximum atomic E-state index is 11.9. The molecule has 0 unspecified atom stereocenters. The highest BCUT2D eigenvalue weighted by Gasteiger charge is 2.13. The van der Waals surface area contributed by atoms with Gasteiger partial charge in [-0.25, -0.2) is 4.98 Å². The van der Waals surface area contributed by atoms with Crippen LogP contribution in [0.4, 0.5) is 0 Å². The van der Waals surface area contributed by atoms with Crippen LogP contribution < -0.4 is 16.2 Å². The van der Waals surface area contributed by atoms with Crippen LogP contribution in [0.3, 0.4) is 0 Å². The van der Waals surface area contributed by atoms with Gasteiger partial charge in [-0.05, 0) is 51.2 Å². The average molecular weight is 415 g/mol. The molecule has 0 atom stereocenters. The number of rotatable bonds is 4. The van der Waals surface area contributed by atoms with E-state index >= 15 is 0 Å². The molecule has 0 bridgehead atoms. The zero-order valence-corrected chi connectivity index (χ0v) is 17.0. The summed E-state index contributed by atoms with van der Waals surface area (Å²) in [5.74, 6) is 0.736. The van der Waals surface area contributed by atoms with Gasteiger partial charge in [0, 0.05) is 29.0 Å². The molecule has 26 heavy (non-hydrogen) atoms. The van der Waals surface area contributed by atoms with Crippen molar-refractivity contribution in [2.24, 2.45) is 0 Å². The molecule has 0 aliphatic carbocycles. The van der Waals surface area contributed by atoms with Crippen LogP contribution in [-0.4, -0.2) is 21.5 Å². The molecule has 1 amide bonds. The van der Waals surface area contributed by atoms with E-state index in [-0.39, 0.29) is 17.9 Å². The van der Waals surface area contributed by atoms with E-state index in [2.05, 4.69) is 21.2 Å². The standard InChI is InChI=1S/C17H20Cl2N4O2S/c1-17(2,3)21-16(26)23-22-14(24)6-7-15-20-9-13(25-15)11-5-4-10(18)8-12(11)19/h4-5,8-9H,6-7H2,1-3H3,(H,22,24)(H2,21,23,26). The van der Waals surface area contributed by atoms with E-state index in [1.807, 2.05) is 20.8 Å². The Bertz CT molecular complexity index is 802. The highest BCUT2D eigenvalue weighted by Crippen LogP contribution is 2.30. The molecule has 1 heterocycles. The molecular formula is C17H20Cl2N4O2S. The zero-order valence-electron chi connectivity index (χ0n) is 14.7. The van der Waals surface area contributed by atoms with Crippen LogP contribution in [-0.2, 0) is 11.2 Å². The highest BCUT2D eigenvalue weighted by molar-refractivity contribution is 7.80. The number of carbonyl (C=O) groups excluding carboxylic acids is 1. The van der Waals surface area contributed by atoms with Gasteiger partial charge in [0.05, 0.1) is 11.2 Å². The lowest BCUT2D eigenvalue weighted by Crippen LogP contribution is -2.52. The smallest absolute Gasteiger partial charge is 0.238 e.